The number of rotatable bonds is 5. The lowest BCUT2D eigenvalue weighted by Gasteiger charge is -2.12. The first-order valence-electron chi connectivity index (χ1n) is 8.85. The highest BCUT2D eigenvalue weighted by molar-refractivity contribution is 7.99. The van der Waals surface area contributed by atoms with E-state index in [4.69, 9.17) is 4.98 Å². The molecule has 140 valence electrons. The van der Waals surface area contributed by atoms with Gasteiger partial charge < -0.3 is 0 Å². The van der Waals surface area contributed by atoms with Gasteiger partial charge in [-0.25, -0.2) is 4.98 Å². The van der Waals surface area contributed by atoms with Gasteiger partial charge in [0.2, 0.25) is 0 Å². The smallest absolute Gasteiger partial charge is 0.267 e. The molecule has 0 unspecified atom stereocenters. The predicted octanol–water partition coefficient (Wildman–Crippen LogP) is 5.04. The van der Waals surface area contributed by atoms with Crippen molar-refractivity contribution in [3.63, 3.8) is 0 Å². The number of aromatic nitrogens is 2. The maximum absolute atomic E-state index is 13.3. The van der Waals surface area contributed by atoms with Gasteiger partial charge in [0, 0.05) is 10.4 Å². The molecule has 28 heavy (non-hydrogen) atoms. The summed E-state index contributed by atoms with van der Waals surface area (Å²) >= 11 is 2.82. The van der Waals surface area contributed by atoms with Crippen molar-refractivity contribution in [3.05, 3.63) is 87.0 Å². The van der Waals surface area contributed by atoms with Crippen LogP contribution in [0.15, 0.2) is 70.6 Å². The van der Waals surface area contributed by atoms with Crippen molar-refractivity contribution in [2.75, 3.05) is 5.75 Å². The van der Waals surface area contributed by atoms with E-state index in [2.05, 4.69) is 0 Å². The summed E-state index contributed by atoms with van der Waals surface area (Å²) in [7, 11) is 0. The molecular formula is C22H18N2O2S2. The monoisotopic (exact) mass is 406 g/mol. The van der Waals surface area contributed by atoms with Gasteiger partial charge in [-0.2, -0.15) is 0 Å². The number of carbonyl (C=O) groups is 1. The SMILES string of the molecule is Cc1sc2nc(SCC(=O)c3ccccc3)n(-c3ccccc3)c(=O)c2c1C. The van der Waals surface area contributed by atoms with Crippen molar-refractivity contribution in [2.24, 2.45) is 0 Å². The second-order valence-corrected chi connectivity index (χ2v) is 8.56. The molecule has 4 aromatic rings. The van der Waals surface area contributed by atoms with Crippen LogP contribution in [0.1, 0.15) is 20.8 Å². The fraction of sp³-hybridized carbons (Fsp3) is 0.136. The summed E-state index contributed by atoms with van der Waals surface area (Å²) in [5, 5.41) is 1.19. The molecule has 0 N–H and O–H groups in total. The average molecular weight is 407 g/mol. The molecule has 0 bridgehead atoms. The summed E-state index contributed by atoms with van der Waals surface area (Å²) in [5.41, 5.74) is 2.29. The van der Waals surface area contributed by atoms with Crippen molar-refractivity contribution in [3.8, 4) is 5.69 Å². The number of thiophene rings is 1. The Morgan fingerprint density at radius 2 is 1.68 bits per heavy atom. The summed E-state index contributed by atoms with van der Waals surface area (Å²) in [6.07, 6.45) is 0. The third kappa shape index (κ3) is 3.41. The van der Waals surface area contributed by atoms with E-state index in [9.17, 15) is 9.59 Å². The average Bonchev–Trinajstić information content (AvgIpc) is 3.01. The molecule has 2 heterocycles. The maximum Gasteiger partial charge on any atom is 0.267 e. The molecule has 0 spiro atoms. The minimum Gasteiger partial charge on any atom is -0.293 e. The number of fused-ring (bicyclic) bond motifs is 1. The number of benzene rings is 2. The number of ketones is 1. The van der Waals surface area contributed by atoms with Gasteiger partial charge in [0.05, 0.1) is 16.8 Å². The van der Waals surface area contributed by atoms with E-state index < -0.39 is 0 Å². The van der Waals surface area contributed by atoms with Crippen LogP contribution in [0, 0.1) is 13.8 Å². The minimum absolute atomic E-state index is 0.0121. The number of hydrogen-bond acceptors (Lipinski definition) is 5. The van der Waals surface area contributed by atoms with Gasteiger partial charge in [-0.15, -0.1) is 11.3 Å². The summed E-state index contributed by atoms with van der Waals surface area (Å²) in [5.74, 6) is 0.232. The van der Waals surface area contributed by atoms with Crippen LogP contribution in [0.3, 0.4) is 0 Å². The topological polar surface area (TPSA) is 52.0 Å². The summed E-state index contributed by atoms with van der Waals surface area (Å²) in [4.78, 5) is 32.4. The zero-order valence-corrected chi connectivity index (χ0v) is 17.1. The molecule has 2 aromatic carbocycles. The molecule has 4 rings (SSSR count). The van der Waals surface area contributed by atoms with Gasteiger partial charge in [0.25, 0.3) is 5.56 Å². The van der Waals surface area contributed by atoms with E-state index in [1.807, 2.05) is 62.4 Å². The van der Waals surface area contributed by atoms with Gasteiger partial charge in [-0.05, 0) is 31.5 Å². The molecule has 0 atom stereocenters. The Bertz CT molecular complexity index is 1210. The number of hydrogen-bond donors (Lipinski definition) is 0. The quantitative estimate of drug-likeness (QED) is 0.265. The molecule has 6 heteroatoms. The standard InChI is InChI=1S/C22H18N2O2S2/c1-14-15(2)28-20-19(14)21(26)24(17-11-7-4-8-12-17)22(23-20)27-13-18(25)16-9-5-3-6-10-16/h3-12H,13H2,1-2H3. The van der Waals surface area contributed by atoms with Gasteiger partial charge in [0.15, 0.2) is 10.9 Å². The van der Waals surface area contributed by atoms with Crippen molar-refractivity contribution in [1.82, 2.24) is 9.55 Å². The van der Waals surface area contributed by atoms with Crippen LogP contribution in [-0.4, -0.2) is 21.1 Å². The Morgan fingerprint density at radius 3 is 2.36 bits per heavy atom. The van der Waals surface area contributed by atoms with E-state index in [0.29, 0.717) is 16.1 Å². The van der Waals surface area contributed by atoms with Crippen molar-refractivity contribution in [2.45, 2.75) is 19.0 Å². The number of carbonyl (C=O) groups excluding carboxylic acids is 1. The highest BCUT2D eigenvalue weighted by Crippen LogP contribution is 2.29. The molecule has 4 nitrogen and oxygen atoms in total. The maximum atomic E-state index is 13.3. The second-order valence-electron chi connectivity index (χ2n) is 6.41. The Morgan fingerprint density at radius 1 is 1.04 bits per heavy atom. The largest absolute Gasteiger partial charge is 0.293 e. The van der Waals surface area contributed by atoms with Crippen LogP contribution in [0.25, 0.3) is 15.9 Å². The van der Waals surface area contributed by atoms with E-state index in [-0.39, 0.29) is 17.1 Å². The molecule has 0 fully saturated rings. The summed E-state index contributed by atoms with van der Waals surface area (Å²) < 4.78 is 1.62. The summed E-state index contributed by atoms with van der Waals surface area (Å²) in [6.45, 7) is 3.96. The number of para-hydroxylation sites is 1. The van der Waals surface area contributed by atoms with E-state index >= 15 is 0 Å². The Kier molecular flexibility index (Phi) is 5.15. The second kappa shape index (κ2) is 7.73. The van der Waals surface area contributed by atoms with Crippen molar-refractivity contribution >= 4 is 39.1 Å². The zero-order chi connectivity index (χ0) is 19.7. The molecule has 0 saturated carbocycles. The molecule has 0 aliphatic heterocycles. The minimum atomic E-state index is -0.0901. The van der Waals surface area contributed by atoms with E-state index in [1.54, 1.807) is 16.7 Å². The van der Waals surface area contributed by atoms with Gasteiger partial charge in [-0.3, -0.25) is 14.2 Å². The molecule has 0 radical (unpaired) electrons. The van der Waals surface area contributed by atoms with E-state index in [1.165, 1.54) is 23.1 Å². The molecule has 0 aliphatic rings. The number of Topliss-reactive ketones (excluding diaryl/α,β-unsaturated/α-hetero) is 1. The number of aryl methyl sites for hydroxylation is 2. The van der Waals surface area contributed by atoms with Crippen LogP contribution >= 0.6 is 23.1 Å². The Balaban J connectivity index is 1.80. The van der Waals surface area contributed by atoms with Crippen LogP contribution in [0.2, 0.25) is 0 Å². The third-order valence-corrected chi connectivity index (χ3v) is 6.65. The molecule has 2 aromatic heterocycles. The first kappa shape index (κ1) is 18.7. The lowest BCUT2D eigenvalue weighted by Crippen LogP contribution is -2.22. The molecule has 0 aliphatic carbocycles. The molecular weight excluding hydrogens is 388 g/mol. The first-order valence-corrected chi connectivity index (χ1v) is 10.7. The molecule has 0 saturated heterocycles. The fourth-order valence-corrected chi connectivity index (χ4v) is 4.99. The highest BCUT2D eigenvalue weighted by Gasteiger charge is 2.19. The molecule has 0 amide bonds. The van der Waals surface area contributed by atoms with Crippen molar-refractivity contribution in [1.29, 1.82) is 0 Å². The third-order valence-electron chi connectivity index (χ3n) is 4.61. The van der Waals surface area contributed by atoms with Crippen LogP contribution in [0.4, 0.5) is 0 Å². The number of thioether (sulfide) groups is 1. The lowest BCUT2D eigenvalue weighted by atomic mass is 10.2. The van der Waals surface area contributed by atoms with Crippen LogP contribution in [0.5, 0.6) is 0 Å². The first-order chi connectivity index (χ1) is 13.6. The highest BCUT2D eigenvalue weighted by atomic mass is 32.2. The fourth-order valence-electron chi connectivity index (χ4n) is 3.01. The van der Waals surface area contributed by atoms with E-state index in [0.717, 1.165) is 21.0 Å². The number of nitrogens with zero attached hydrogens (tertiary/aromatic N) is 2. The van der Waals surface area contributed by atoms with Gasteiger partial charge in [-0.1, -0.05) is 60.3 Å². The van der Waals surface area contributed by atoms with Crippen LogP contribution in [-0.2, 0) is 0 Å². The lowest BCUT2D eigenvalue weighted by molar-refractivity contribution is 0.102. The van der Waals surface area contributed by atoms with Gasteiger partial charge in [0.1, 0.15) is 4.83 Å². The Labute approximate surface area is 170 Å². The normalized spacial score (nSPS) is 11.1. The van der Waals surface area contributed by atoms with Gasteiger partial charge >= 0.3 is 0 Å². The van der Waals surface area contributed by atoms with Crippen molar-refractivity contribution < 1.29 is 4.79 Å². The van der Waals surface area contributed by atoms with Crippen LogP contribution < -0.4 is 5.56 Å². The Hall–Kier alpha value is -2.70. The predicted molar refractivity (Wildman–Crippen MR) is 116 cm³/mol. The zero-order valence-electron chi connectivity index (χ0n) is 15.5. The summed E-state index contributed by atoms with van der Waals surface area (Å²) in [6, 6.07) is 18.6.